The zero-order valence-electron chi connectivity index (χ0n) is 15.5. The van der Waals surface area contributed by atoms with E-state index >= 15 is 0 Å². The Hall–Kier alpha value is -2.85. The summed E-state index contributed by atoms with van der Waals surface area (Å²) in [4.78, 5) is 7.77. The lowest BCUT2D eigenvalue weighted by Crippen LogP contribution is -2.32. The van der Waals surface area contributed by atoms with Gasteiger partial charge in [-0.3, -0.25) is 0 Å². The molecule has 0 aliphatic carbocycles. The van der Waals surface area contributed by atoms with Crippen LogP contribution in [0.25, 0.3) is 0 Å². The smallest absolute Gasteiger partial charge is 0.262 e. The van der Waals surface area contributed by atoms with Crippen molar-refractivity contribution in [2.75, 3.05) is 18.4 Å². The van der Waals surface area contributed by atoms with Crippen molar-refractivity contribution in [2.45, 2.75) is 17.0 Å². The molecule has 152 valence electrons. The summed E-state index contributed by atoms with van der Waals surface area (Å²) in [7, 11) is -2.12. The number of imidazole rings is 1. The lowest BCUT2D eigenvalue weighted by atomic mass is 9.94. The molecule has 2 atom stereocenters. The van der Waals surface area contributed by atoms with E-state index < -0.39 is 16.0 Å². The molecule has 1 aromatic carbocycles. The van der Waals surface area contributed by atoms with Crippen LogP contribution in [0.2, 0.25) is 0 Å². The molecule has 2 unspecified atom stereocenters. The minimum Gasteiger partial charge on any atom is -0.365 e. The molecule has 1 saturated heterocycles. The highest BCUT2D eigenvalue weighted by atomic mass is 32.2. The van der Waals surface area contributed by atoms with Crippen molar-refractivity contribution in [1.29, 1.82) is 0 Å². The molecule has 1 N–H and O–H groups in total. The number of rotatable bonds is 5. The molecule has 0 amide bonds. The molecule has 29 heavy (non-hydrogen) atoms. The van der Waals surface area contributed by atoms with Gasteiger partial charge in [0.1, 0.15) is 11.6 Å². The Balaban J connectivity index is 1.66. The van der Waals surface area contributed by atoms with Gasteiger partial charge in [0.05, 0.1) is 6.33 Å². The van der Waals surface area contributed by atoms with Gasteiger partial charge in [0.15, 0.2) is 5.03 Å². The molecule has 0 saturated carbocycles. The minimum atomic E-state index is -3.81. The highest BCUT2D eigenvalue weighted by Crippen LogP contribution is 2.33. The number of nitrogens with one attached hydrogen (secondary N) is 1. The fraction of sp³-hybridized carbons (Fsp3) is 0.263. The van der Waals surface area contributed by atoms with Gasteiger partial charge in [0, 0.05) is 38.3 Å². The van der Waals surface area contributed by atoms with Gasteiger partial charge in [-0.2, -0.15) is 8.70 Å². The lowest BCUT2D eigenvalue weighted by Gasteiger charge is -2.20. The topological polar surface area (TPSA) is 80.1 Å². The number of benzene rings is 1. The molecular weight excluding hydrogens is 400 g/mol. The highest BCUT2D eigenvalue weighted by molar-refractivity contribution is 7.89. The van der Waals surface area contributed by atoms with Gasteiger partial charge in [-0.25, -0.2) is 22.8 Å². The lowest BCUT2D eigenvalue weighted by molar-refractivity contribution is 0.468. The van der Waals surface area contributed by atoms with E-state index in [1.165, 1.54) is 41.1 Å². The zero-order chi connectivity index (χ0) is 20.6. The Labute approximate surface area is 167 Å². The second-order valence-corrected chi connectivity index (χ2v) is 8.84. The normalized spacial score (nSPS) is 20.1. The van der Waals surface area contributed by atoms with Crippen LogP contribution in [0.5, 0.6) is 0 Å². The van der Waals surface area contributed by atoms with Crippen molar-refractivity contribution in [3.05, 3.63) is 72.3 Å². The molecule has 0 spiro atoms. The quantitative estimate of drug-likeness (QED) is 0.643. The summed E-state index contributed by atoms with van der Waals surface area (Å²) in [6, 6.07) is 9.92. The van der Waals surface area contributed by atoms with Crippen LogP contribution in [0.3, 0.4) is 0 Å². The number of hydrogen-bond donors (Lipinski definition) is 1. The molecule has 0 radical (unpaired) electrons. The first-order valence-corrected chi connectivity index (χ1v) is 10.4. The molecule has 4 rings (SSSR count). The molecule has 3 aromatic rings. The van der Waals surface area contributed by atoms with Gasteiger partial charge in [-0.1, -0.05) is 18.2 Å². The maximum atomic E-state index is 13.5. The minimum absolute atomic E-state index is 0.0395. The predicted octanol–water partition coefficient (Wildman–Crippen LogP) is 2.36. The van der Waals surface area contributed by atoms with Crippen LogP contribution in [-0.2, 0) is 17.1 Å². The van der Waals surface area contributed by atoms with Crippen LogP contribution < -0.4 is 5.32 Å². The van der Waals surface area contributed by atoms with E-state index in [0.717, 1.165) is 5.56 Å². The van der Waals surface area contributed by atoms with Crippen molar-refractivity contribution in [2.24, 2.45) is 7.05 Å². The summed E-state index contributed by atoms with van der Waals surface area (Å²) in [6.45, 7) is 0.316. The molecule has 1 aliphatic heterocycles. The molecule has 1 fully saturated rings. The van der Waals surface area contributed by atoms with E-state index in [4.69, 9.17) is 0 Å². The van der Waals surface area contributed by atoms with E-state index in [0.29, 0.717) is 5.82 Å². The van der Waals surface area contributed by atoms with Crippen molar-refractivity contribution in [3.63, 3.8) is 0 Å². The first-order chi connectivity index (χ1) is 13.8. The van der Waals surface area contributed by atoms with Gasteiger partial charge < -0.3 is 9.88 Å². The molecule has 0 bridgehead atoms. The summed E-state index contributed by atoms with van der Waals surface area (Å²) in [5, 5.41) is 3.09. The number of hydrogen-bond acceptors (Lipinski definition) is 5. The van der Waals surface area contributed by atoms with E-state index in [2.05, 4.69) is 15.3 Å². The Morgan fingerprint density at radius 3 is 2.52 bits per heavy atom. The summed E-state index contributed by atoms with van der Waals surface area (Å²) < 4.78 is 55.8. The van der Waals surface area contributed by atoms with Gasteiger partial charge >= 0.3 is 0 Å². The first kappa shape index (κ1) is 19.5. The number of aromatic nitrogens is 3. The van der Waals surface area contributed by atoms with Gasteiger partial charge in [0.2, 0.25) is 5.95 Å². The van der Waals surface area contributed by atoms with Crippen molar-refractivity contribution in [3.8, 4) is 0 Å². The summed E-state index contributed by atoms with van der Waals surface area (Å²) in [5.41, 5.74) is 0.777. The first-order valence-electron chi connectivity index (χ1n) is 8.95. The van der Waals surface area contributed by atoms with Gasteiger partial charge in [-0.05, 0) is 29.8 Å². The monoisotopic (exact) mass is 419 g/mol. The van der Waals surface area contributed by atoms with Gasteiger partial charge in [-0.15, -0.1) is 0 Å². The Morgan fingerprint density at radius 1 is 1.10 bits per heavy atom. The van der Waals surface area contributed by atoms with Crippen LogP contribution in [-0.4, -0.2) is 46.4 Å². The number of pyridine rings is 1. The van der Waals surface area contributed by atoms with Crippen LogP contribution >= 0.6 is 0 Å². The Kier molecular flexibility index (Phi) is 5.05. The zero-order valence-corrected chi connectivity index (χ0v) is 16.4. The number of halogens is 2. The second-order valence-electron chi connectivity index (χ2n) is 6.95. The third-order valence-electron chi connectivity index (χ3n) is 4.92. The fourth-order valence-electron chi connectivity index (χ4n) is 3.49. The van der Waals surface area contributed by atoms with Crippen LogP contribution in [0.15, 0.2) is 60.0 Å². The second kappa shape index (κ2) is 7.53. The van der Waals surface area contributed by atoms with E-state index in [-0.39, 0.29) is 35.9 Å². The van der Waals surface area contributed by atoms with E-state index in [1.54, 1.807) is 29.8 Å². The van der Waals surface area contributed by atoms with Crippen molar-refractivity contribution < 1.29 is 17.2 Å². The third kappa shape index (κ3) is 3.99. The predicted molar refractivity (Wildman–Crippen MR) is 103 cm³/mol. The van der Waals surface area contributed by atoms with E-state index in [1.807, 2.05) is 0 Å². The molecule has 1 aliphatic rings. The number of anilines is 1. The maximum Gasteiger partial charge on any atom is 0.262 e. The number of nitrogens with zero attached hydrogens (tertiary/aromatic N) is 4. The highest BCUT2D eigenvalue weighted by Gasteiger charge is 2.41. The Bertz CT molecular complexity index is 1120. The average Bonchev–Trinajstić information content (AvgIpc) is 3.30. The van der Waals surface area contributed by atoms with Crippen molar-refractivity contribution >= 4 is 15.8 Å². The number of aryl methyl sites for hydroxylation is 1. The standard InChI is InChI=1S/C19H19F2N5O2S/c1-25-11-19(22-12-25)29(27,28)26-9-15(13-5-7-14(20)8-6-13)16(10-26)23-18-4-2-3-17(21)24-18/h2-8,11-12,15-16H,9-10H2,1H3,(H,23,24). The summed E-state index contributed by atoms with van der Waals surface area (Å²) in [6.07, 6.45) is 2.87. The Morgan fingerprint density at radius 2 is 1.86 bits per heavy atom. The molecular formula is C19H19F2N5O2S. The summed E-state index contributed by atoms with van der Waals surface area (Å²) in [5.74, 6) is -0.983. The fourth-order valence-corrected chi connectivity index (χ4v) is 4.95. The van der Waals surface area contributed by atoms with Crippen LogP contribution in [0, 0.1) is 11.8 Å². The molecule has 3 heterocycles. The molecule has 2 aromatic heterocycles. The maximum absolute atomic E-state index is 13.5. The van der Waals surface area contributed by atoms with E-state index in [9.17, 15) is 17.2 Å². The van der Waals surface area contributed by atoms with Crippen molar-refractivity contribution in [1.82, 2.24) is 18.8 Å². The van der Waals surface area contributed by atoms with Gasteiger partial charge in [0.25, 0.3) is 10.0 Å². The number of sulfonamides is 1. The SMILES string of the molecule is Cn1cnc(S(=O)(=O)N2CC(Nc3cccc(F)n3)C(c3ccc(F)cc3)C2)c1. The average molecular weight is 419 g/mol. The third-order valence-corrected chi connectivity index (χ3v) is 6.64. The largest absolute Gasteiger partial charge is 0.365 e. The van der Waals surface area contributed by atoms with Crippen LogP contribution in [0.1, 0.15) is 11.5 Å². The summed E-state index contributed by atoms with van der Waals surface area (Å²) >= 11 is 0. The molecule has 7 nitrogen and oxygen atoms in total. The molecule has 10 heteroatoms. The van der Waals surface area contributed by atoms with Crippen LogP contribution in [0.4, 0.5) is 14.6 Å².